The van der Waals surface area contributed by atoms with Gasteiger partial charge in [-0.25, -0.2) is 4.98 Å². The van der Waals surface area contributed by atoms with E-state index < -0.39 is 0 Å². The lowest BCUT2D eigenvalue weighted by Gasteiger charge is -2.23. The summed E-state index contributed by atoms with van der Waals surface area (Å²) in [6.07, 6.45) is 5.61. The third-order valence-electron chi connectivity index (χ3n) is 5.75. The van der Waals surface area contributed by atoms with Crippen molar-refractivity contribution in [2.75, 3.05) is 18.0 Å². The molecule has 1 amide bonds. The quantitative estimate of drug-likeness (QED) is 0.347. The van der Waals surface area contributed by atoms with Crippen LogP contribution in [0.25, 0.3) is 10.9 Å². The van der Waals surface area contributed by atoms with Crippen molar-refractivity contribution < 1.29 is 4.79 Å². The largest absolute Gasteiger partial charge is 0.356 e. The lowest BCUT2D eigenvalue weighted by atomic mass is 10.1. The third kappa shape index (κ3) is 5.75. The number of H-pyrrole nitrogens is 1. The summed E-state index contributed by atoms with van der Waals surface area (Å²) in [5.41, 5.74) is 9.97. The Labute approximate surface area is 204 Å². The molecule has 1 atom stereocenters. The normalized spacial score (nSPS) is 11.6. The van der Waals surface area contributed by atoms with Crippen LogP contribution in [0.3, 0.4) is 0 Å². The molecule has 0 saturated carbocycles. The number of fused-ring (bicyclic) bond motifs is 1. The fraction of sp³-hybridized carbons (Fsp3) is 0.179. The maximum absolute atomic E-state index is 12.6. The first-order chi connectivity index (χ1) is 16.9. The van der Waals surface area contributed by atoms with Crippen LogP contribution in [-0.4, -0.2) is 29.0 Å². The zero-order valence-electron chi connectivity index (χ0n) is 19.5. The molecular weight excluding hydrogens is 438 g/mol. The van der Waals surface area contributed by atoms with Crippen molar-refractivity contribution >= 4 is 22.5 Å². The van der Waals surface area contributed by atoms with Crippen LogP contribution in [-0.2, 0) is 6.54 Å². The summed E-state index contributed by atoms with van der Waals surface area (Å²) in [5.74, 6) is 3.07. The molecule has 7 nitrogen and oxygen atoms in total. The topological polar surface area (TPSA) is 104 Å². The van der Waals surface area contributed by atoms with Gasteiger partial charge in [0.25, 0.3) is 11.5 Å². The Bertz CT molecular complexity index is 1420. The molecule has 0 aliphatic carbocycles. The molecule has 0 saturated heterocycles. The zero-order valence-corrected chi connectivity index (χ0v) is 19.5. The Kier molecular flexibility index (Phi) is 7.24. The summed E-state index contributed by atoms with van der Waals surface area (Å²) < 4.78 is 0. The van der Waals surface area contributed by atoms with Gasteiger partial charge in [0.1, 0.15) is 5.82 Å². The van der Waals surface area contributed by atoms with E-state index in [9.17, 15) is 9.59 Å². The number of aromatic nitrogens is 2. The van der Waals surface area contributed by atoms with Gasteiger partial charge in [-0.2, -0.15) is 0 Å². The molecule has 4 N–H and O–H groups in total. The lowest BCUT2D eigenvalue weighted by Crippen LogP contribution is -2.32. The van der Waals surface area contributed by atoms with Crippen LogP contribution < -0.4 is 21.5 Å². The van der Waals surface area contributed by atoms with E-state index in [1.165, 1.54) is 0 Å². The van der Waals surface area contributed by atoms with Crippen LogP contribution in [0.5, 0.6) is 0 Å². The van der Waals surface area contributed by atoms with Gasteiger partial charge >= 0.3 is 0 Å². The van der Waals surface area contributed by atoms with E-state index in [1.807, 2.05) is 65.6 Å². The van der Waals surface area contributed by atoms with Crippen LogP contribution in [0.1, 0.15) is 33.4 Å². The first-order valence-corrected chi connectivity index (χ1v) is 11.3. The number of carbonyl (C=O) groups excluding carboxylic acids is 1. The Morgan fingerprint density at radius 2 is 1.89 bits per heavy atom. The molecule has 0 radical (unpaired) electrons. The lowest BCUT2D eigenvalue weighted by molar-refractivity contribution is 0.0951. The highest BCUT2D eigenvalue weighted by molar-refractivity contribution is 5.94. The molecule has 0 bridgehead atoms. The van der Waals surface area contributed by atoms with Crippen LogP contribution in [0, 0.1) is 19.3 Å². The van der Waals surface area contributed by atoms with Crippen LogP contribution in [0.2, 0.25) is 0 Å². The number of hydrogen-bond acceptors (Lipinski definition) is 5. The predicted molar refractivity (Wildman–Crippen MR) is 139 cm³/mol. The second kappa shape index (κ2) is 10.7. The minimum atomic E-state index is -0.279. The average molecular weight is 466 g/mol. The molecule has 0 spiro atoms. The molecular formula is C28H27N5O2. The third-order valence-corrected chi connectivity index (χ3v) is 5.75. The van der Waals surface area contributed by atoms with E-state index in [0.717, 1.165) is 16.8 Å². The molecule has 35 heavy (non-hydrogen) atoms. The Hall–Kier alpha value is -4.41. The van der Waals surface area contributed by atoms with Crippen molar-refractivity contribution in [3.8, 4) is 12.3 Å². The number of terminal acetylenes is 1. The van der Waals surface area contributed by atoms with Crippen molar-refractivity contribution in [1.29, 1.82) is 0 Å². The summed E-state index contributed by atoms with van der Waals surface area (Å²) in [6.45, 7) is 2.97. The van der Waals surface area contributed by atoms with Gasteiger partial charge < -0.3 is 20.9 Å². The summed E-state index contributed by atoms with van der Waals surface area (Å²) in [6, 6.07) is 22.2. The van der Waals surface area contributed by atoms with Gasteiger partial charge in [-0.3, -0.25) is 9.59 Å². The molecule has 4 rings (SSSR count). The highest BCUT2D eigenvalue weighted by Crippen LogP contribution is 2.20. The second-order valence-electron chi connectivity index (χ2n) is 8.34. The average Bonchev–Trinajstić information content (AvgIpc) is 2.87. The smallest absolute Gasteiger partial charge is 0.258 e. The van der Waals surface area contributed by atoms with Crippen LogP contribution in [0.15, 0.2) is 77.6 Å². The van der Waals surface area contributed by atoms with Crippen LogP contribution in [0.4, 0.5) is 5.69 Å². The minimum Gasteiger partial charge on any atom is -0.356 e. The molecule has 0 aliphatic rings. The van der Waals surface area contributed by atoms with Gasteiger partial charge in [0.15, 0.2) is 0 Å². The van der Waals surface area contributed by atoms with Gasteiger partial charge in [-0.15, -0.1) is 6.42 Å². The number of aromatic amines is 1. The zero-order chi connectivity index (χ0) is 24.8. The number of nitrogens with one attached hydrogen (secondary N) is 2. The van der Waals surface area contributed by atoms with Crippen molar-refractivity contribution in [3.05, 3.63) is 106 Å². The number of nitrogens with zero attached hydrogens (tertiary/aromatic N) is 2. The van der Waals surface area contributed by atoms with Crippen molar-refractivity contribution in [1.82, 2.24) is 15.3 Å². The molecule has 3 aromatic carbocycles. The molecule has 1 heterocycles. The van der Waals surface area contributed by atoms with Crippen molar-refractivity contribution in [2.45, 2.75) is 19.5 Å². The molecule has 7 heteroatoms. The molecule has 176 valence electrons. The van der Waals surface area contributed by atoms with E-state index in [2.05, 4.69) is 21.2 Å². The summed E-state index contributed by atoms with van der Waals surface area (Å²) in [5, 5.41) is 3.43. The highest BCUT2D eigenvalue weighted by atomic mass is 16.1. The van der Waals surface area contributed by atoms with Gasteiger partial charge in [-0.1, -0.05) is 42.3 Å². The summed E-state index contributed by atoms with van der Waals surface area (Å²) >= 11 is 0. The second-order valence-corrected chi connectivity index (χ2v) is 8.34. The van der Waals surface area contributed by atoms with Gasteiger partial charge in [0, 0.05) is 30.4 Å². The number of rotatable bonds is 8. The van der Waals surface area contributed by atoms with Crippen molar-refractivity contribution in [2.24, 2.45) is 5.73 Å². The highest BCUT2D eigenvalue weighted by Gasteiger charge is 2.12. The summed E-state index contributed by atoms with van der Waals surface area (Å²) in [4.78, 5) is 34.0. The number of carbonyl (C=O) groups is 1. The fourth-order valence-electron chi connectivity index (χ4n) is 3.92. The van der Waals surface area contributed by atoms with Gasteiger partial charge in [0.2, 0.25) is 0 Å². The van der Waals surface area contributed by atoms with E-state index >= 15 is 0 Å². The van der Waals surface area contributed by atoms with Crippen molar-refractivity contribution in [3.63, 3.8) is 0 Å². The van der Waals surface area contributed by atoms with Gasteiger partial charge in [0.05, 0.1) is 17.4 Å². The Morgan fingerprint density at radius 1 is 1.14 bits per heavy atom. The molecule has 1 aromatic heterocycles. The van der Waals surface area contributed by atoms with E-state index in [-0.39, 0.29) is 17.5 Å². The molecule has 0 unspecified atom stereocenters. The van der Waals surface area contributed by atoms with Crippen LogP contribution >= 0.6 is 0 Å². The minimum absolute atomic E-state index is 0.166. The molecule has 0 aliphatic heterocycles. The maximum atomic E-state index is 12.6. The molecule has 0 fully saturated rings. The first kappa shape index (κ1) is 23.7. The molecule has 4 aromatic rings. The van der Waals surface area contributed by atoms with E-state index in [1.54, 1.807) is 19.1 Å². The monoisotopic (exact) mass is 465 g/mol. The SMILES string of the molecule is C#CCN(Cc1ccc2nc(C)[nH]c(=O)c2c1)c1ccc(C(=O)NC[C@H](N)c2ccccc2)cc1. The Morgan fingerprint density at radius 3 is 2.60 bits per heavy atom. The number of hydrogen-bond donors (Lipinski definition) is 3. The standard InChI is InChI=1S/C28H27N5O2/c1-3-15-33(18-20-9-14-26-24(16-20)28(35)32-19(2)31-26)23-12-10-22(11-13-23)27(34)30-17-25(29)21-7-5-4-6-8-21/h1,4-14,16,25H,15,17-18,29H2,2H3,(H,30,34)(H,31,32,35)/t25-/m0/s1. The van der Waals surface area contributed by atoms with Gasteiger partial charge in [-0.05, 0) is 54.4 Å². The Balaban J connectivity index is 1.45. The maximum Gasteiger partial charge on any atom is 0.258 e. The van der Waals surface area contributed by atoms with E-state index in [4.69, 9.17) is 12.2 Å². The fourth-order valence-corrected chi connectivity index (χ4v) is 3.92. The number of nitrogens with two attached hydrogens (primary N) is 1. The first-order valence-electron chi connectivity index (χ1n) is 11.3. The van der Waals surface area contributed by atoms with E-state index in [0.29, 0.717) is 41.9 Å². The predicted octanol–water partition coefficient (Wildman–Crippen LogP) is 3.30. The number of benzene rings is 3. The number of amides is 1. The summed E-state index contributed by atoms with van der Waals surface area (Å²) in [7, 11) is 0. The number of anilines is 1. The number of aryl methyl sites for hydroxylation is 1.